The zero-order chi connectivity index (χ0) is 15.4. The van der Waals surface area contributed by atoms with Gasteiger partial charge in [0.05, 0.1) is 6.10 Å². The highest BCUT2D eigenvalue weighted by molar-refractivity contribution is 5.26. The first-order chi connectivity index (χ1) is 9.08. The number of pyridine rings is 1. The molecule has 1 unspecified atom stereocenters. The predicted octanol–water partition coefficient (Wildman–Crippen LogP) is 3.92. The van der Waals surface area contributed by atoms with Crippen molar-refractivity contribution in [2.75, 3.05) is 6.54 Å². The van der Waals surface area contributed by atoms with Gasteiger partial charge in [0.25, 0.3) is 0 Å². The summed E-state index contributed by atoms with van der Waals surface area (Å²) < 4.78 is 5.98. The highest BCUT2D eigenvalue weighted by atomic mass is 16.5. The lowest BCUT2D eigenvalue weighted by Gasteiger charge is -2.23. The van der Waals surface area contributed by atoms with E-state index in [1.165, 1.54) is 0 Å². The highest BCUT2D eigenvalue weighted by Crippen LogP contribution is 2.24. The minimum atomic E-state index is 0.0520. The molecular weight excluding hydrogens is 248 g/mol. The van der Waals surface area contributed by atoms with Crippen LogP contribution in [0.25, 0.3) is 0 Å². The fourth-order valence-corrected chi connectivity index (χ4v) is 1.84. The summed E-state index contributed by atoms with van der Waals surface area (Å²) in [7, 11) is 0. The van der Waals surface area contributed by atoms with Gasteiger partial charge in [-0.2, -0.15) is 0 Å². The largest absolute Gasteiger partial charge is 0.491 e. The second kappa shape index (κ2) is 6.57. The van der Waals surface area contributed by atoms with Crippen LogP contribution in [0, 0.1) is 0 Å². The van der Waals surface area contributed by atoms with Crippen LogP contribution in [-0.2, 0) is 5.41 Å². The molecule has 1 heterocycles. The molecule has 3 heteroatoms. The molecule has 0 aliphatic heterocycles. The molecule has 114 valence electrons. The van der Waals surface area contributed by atoms with E-state index < -0.39 is 0 Å². The molecule has 0 aliphatic rings. The molecule has 0 fully saturated rings. The number of rotatable bonds is 5. The first-order valence-corrected chi connectivity index (χ1v) is 7.46. The van der Waals surface area contributed by atoms with Crippen LogP contribution in [0.4, 0.5) is 0 Å². The molecule has 0 radical (unpaired) electrons. The van der Waals surface area contributed by atoms with E-state index in [9.17, 15) is 0 Å². The van der Waals surface area contributed by atoms with Crippen LogP contribution in [0.15, 0.2) is 18.3 Å². The van der Waals surface area contributed by atoms with Gasteiger partial charge in [-0.05, 0) is 46.7 Å². The van der Waals surface area contributed by atoms with Gasteiger partial charge < -0.3 is 10.1 Å². The molecule has 0 bridgehead atoms. The number of hydrogen-bond donors (Lipinski definition) is 1. The van der Waals surface area contributed by atoms with E-state index in [1.54, 1.807) is 0 Å². The lowest BCUT2D eigenvalue weighted by atomic mass is 9.91. The van der Waals surface area contributed by atoms with E-state index in [2.05, 4.69) is 58.8 Å². The molecule has 1 atom stereocenters. The summed E-state index contributed by atoms with van der Waals surface area (Å²) in [6, 6.07) is 3.98. The van der Waals surface area contributed by atoms with Crippen LogP contribution in [-0.4, -0.2) is 23.2 Å². The van der Waals surface area contributed by atoms with Crippen LogP contribution >= 0.6 is 0 Å². The summed E-state index contributed by atoms with van der Waals surface area (Å²) in [5, 5.41) is 3.48. The van der Waals surface area contributed by atoms with Gasteiger partial charge >= 0.3 is 0 Å². The van der Waals surface area contributed by atoms with Gasteiger partial charge in [0.15, 0.2) is 0 Å². The van der Waals surface area contributed by atoms with E-state index >= 15 is 0 Å². The smallest absolute Gasteiger partial charge is 0.123 e. The number of ether oxygens (including phenoxy) is 1. The number of hydrogen-bond acceptors (Lipinski definition) is 3. The average molecular weight is 278 g/mol. The molecule has 1 aromatic rings. The molecule has 0 spiro atoms. The van der Waals surface area contributed by atoms with Gasteiger partial charge in [0.2, 0.25) is 0 Å². The maximum absolute atomic E-state index is 5.98. The van der Waals surface area contributed by atoms with Crippen LogP contribution in [0.1, 0.15) is 60.6 Å². The third-order valence-electron chi connectivity index (χ3n) is 3.04. The molecule has 3 nitrogen and oxygen atoms in total. The monoisotopic (exact) mass is 278 g/mol. The molecule has 0 aliphatic carbocycles. The normalized spacial score (nSPS) is 14.2. The molecule has 0 saturated carbocycles. The molecular formula is C17H30N2O. The molecule has 0 aromatic carbocycles. The van der Waals surface area contributed by atoms with Crippen molar-refractivity contribution in [3.8, 4) is 5.75 Å². The number of aromatic nitrogens is 1. The first kappa shape index (κ1) is 17.0. The summed E-state index contributed by atoms with van der Waals surface area (Å²) in [5.41, 5.74) is 1.28. The Hall–Kier alpha value is -1.09. The van der Waals surface area contributed by atoms with Crippen molar-refractivity contribution < 1.29 is 4.74 Å². The van der Waals surface area contributed by atoms with Crippen LogP contribution in [0.5, 0.6) is 5.75 Å². The van der Waals surface area contributed by atoms with Crippen LogP contribution in [0.2, 0.25) is 0 Å². The quantitative estimate of drug-likeness (QED) is 0.886. The second-order valence-corrected chi connectivity index (χ2v) is 7.52. The van der Waals surface area contributed by atoms with Crippen LogP contribution in [0.3, 0.4) is 0 Å². The topological polar surface area (TPSA) is 34.1 Å². The lowest BCUT2D eigenvalue weighted by molar-refractivity contribution is 0.204. The van der Waals surface area contributed by atoms with Crippen LogP contribution < -0.4 is 10.1 Å². The molecule has 20 heavy (non-hydrogen) atoms. The zero-order valence-electron chi connectivity index (χ0n) is 14.1. The van der Waals surface area contributed by atoms with Crippen molar-refractivity contribution >= 4 is 0 Å². The Balaban J connectivity index is 2.52. The average Bonchev–Trinajstić information content (AvgIpc) is 2.26. The Morgan fingerprint density at radius 1 is 1.20 bits per heavy atom. The minimum Gasteiger partial charge on any atom is -0.491 e. The SMILES string of the molecule is CC(CCNC(C)(C)C)Oc1ccnc(C(C)(C)C)c1. The second-order valence-electron chi connectivity index (χ2n) is 7.52. The van der Waals surface area contributed by atoms with Crippen molar-refractivity contribution in [2.45, 2.75) is 71.9 Å². The van der Waals surface area contributed by atoms with E-state index in [1.807, 2.05) is 18.3 Å². The zero-order valence-corrected chi connectivity index (χ0v) is 14.1. The Kier molecular flexibility index (Phi) is 5.58. The lowest BCUT2D eigenvalue weighted by Crippen LogP contribution is -2.37. The van der Waals surface area contributed by atoms with Crippen molar-refractivity contribution in [3.05, 3.63) is 24.0 Å². The number of nitrogens with one attached hydrogen (secondary N) is 1. The van der Waals surface area contributed by atoms with Gasteiger partial charge in [-0.25, -0.2) is 0 Å². The summed E-state index contributed by atoms with van der Waals surface area (Å²) in [5.74, 6) is 0.910. The summed E-state index contributed by atoms with van der Waals surface area (Å²) in [6.07, 6.45) is 3.01. The Bertz CT molecular complexity index is 416. The van der Waals surface area contributed by atoms with Gasteiger partial charge in [0, 0.05) is 28.9 Å². The Morgan fingerprint density at radius 3 is 2.40 bits per heavy atom. The molecule has 1 N–H and O–H groups in total. The maximum atomic E-state index is 5.98. The highest BCUT2D eigenvalue weighted by Gasteiger charge is 2.16. The predicted molar refractivity (Wildman–Crippen MR) is 85.4 cm³/mol. The Labute approximate surface area is 124 Å². The molecule has 0 saturated heterocycles. The minimum absolute atomic E-state index is 0.0520. The summed E-state index contributed by atoms with van der Waals surface area (Å²) in [6.45, 7) is 16.1. The van der Waals surface area contributed by atoms with Gasteiger partial charge in [-0.3, -0.25) is 4.98 Å². The van der Waals surface area contributed by atoms with Crippen molar-refractivity contribution in [1.29, 1.82) is 0 Å². The fourth-order valence-electron chi connectivity index (χ4n) is 1.84. The third kappa shape index (κ3) is 6.38. The van der Waals surface area contributed by atoms with E-state index in [4.69, 9.17) is 4.74 Å². The molecule has 1 aromatic heterocycles. The third-order valence-corrected chi connectivity index (χ3v) is 3.04. The Morgan fingerprint density at radius 2 is 1.85 bits per heavy atom. The fraction of sp³-hybridized carbons (Fsp3) is 0.706. The van der Waals surface area contributed by atoms with Crippen molar-refractivity contribution in [3.63, 3.8) is 0 Å². The van der Waals surface area contributed by atoms with E-state index in [0.29, 0.717) is 0 Å². The maximum Gasteiger partial charge on any atom is 0.123 e. The molecule has 1 rings (SSSR count). The number of nitrogens with zero attached hydrogens (tertiary/aromatic N) is 1. The van der Waals surface area contributed by atoms with E-state index in [-0.39, 0.29) is 17.1 Å². The summed E-state index contributed by atoms with van der Waals surface area (Å²) >= 11 is 0. The van der Waals surface area contributed by atoms with E-state index in [0.717, 1.165) is 24.4 Å². The van der Waals surface area contributed by atoms with Crippen molar-refractivity contribution in [2.24, 2.45) is 0 Å². The summed E-state index contributed by atoms with van der Waals surface area (Å²) in [4.78, 5) is 4.42. The first-order valence-electron chi connectivity index (χ1n) is 7.46. The van der Waals surface area contributed by atoms with Gasteiger partial charge in [-0.1, -0.05) is 20.8 Å². The standard InChI is InChI=1S/C17H30N2O/c1-13(8-11-19-17(5,6)7)20-14-9-10-18-15(12-14)16(2,3)4/h9-10,12-13,19H,8,11H2,1-7H3. The van der Waals surface area contributed by atoms with Crippen molar-refractivity contribution in [1.82, 2.24) is 10.3 Å². The molecule has 0 amide bonds. The van der Waals surface area contributed by atoms with Gasteiger partial charge in [-0.15, -0.1) is 0 Å². The van der Waals surface area contributed by atoms with Gasteiger partial charge in [0.1, 0.15) is 5.75 Å².